The Hall–Kier alpha value is -4.37. The lowest BCUT2D eigenvalue weighted by Crippen LogP contribution is -2.32. The molecule has 0 aliphatic carbocycles. The molecule has 218 valence electrons. The number of ether oxygens (including phenoxy) is 1. The van der Waals surface area contributed by atoms with Gasteiger partial charge in [0.2, 0.25) is 11.0 Å². The van der Waals surface area contributed by atoms with Crippen LogP contribution in [-0.4, -0.2) is 46.6 Å². The van der Waals surface area contributed by atoms with Crippen molar-refractivity contribution in [2.45, 2.75) is 38.1 Å². The number of hydrogen-bond acceptors (Lipinski definition) is 10. The number of hydrogen-bond donors (Lipinski definition) is 5. The summed E-state index contributed by atoms with van der Waals surface area (Å²) in [7, 11) is 0. The summed E-state index contributed by atoms with van der Waals surface area (Å²) >= 11 is 1.19. The lowest BCUT2D eigenvalue weighted by atomic mass is 10.1. The number of benzene rings is 2. The molecule has 0 aliphatic heterocycles. The first kappa shape index (κ1) is 31.2. The van der Waals surface area contributed by atoms with E-state index < -0.39 is 30.0 Å². The van der Waals surface area contributed by atoms with Crippen molar-refractivity contribution >= 4 is 28.3 Å². The third kappa shape index (κ3) is 11.0. The van der Waals surface area contributed by atoms with Crippen molar-refractivity contribution < 1.29 is 32.6 Å². The molecule has 1 aromatic heterocycles. The molecule has 1 unspecified atom stereocenters. The fourth-order valence-corrected chi connectivity index (χ4v) is 4.38. The Morgan fingerprint density at radius 1 is 1.12 bits per heavy atom. The highest BCUT2D eigenvalue weighted by atomic mass is 32.1. The second kappa shape index (κ2) is 15.4. The van der Waals surface area contributed by atoms with Gasteiger partial charge < -0.3 is 25.8 Å². The van der Waals surface area contributed by atoms with Gasteiger partial charge in [-0.3, -0.25) is 9.59 Å². The molecular weight excluding hydrogens is 563 g/mol. The topological polar surface area (TPSA) is 162 Å². The highest BCUT2D eigenvalue weighted by Gasteiger charge is 2.31. The van der Waals surface area contributed by atoms with Crippen LogP contribution in [0.2, 0.25) is 0 Å². The molecule has 2 aromatic carbocycles. The predicted molar refractivity (Wildman–Crippen MR) is 144 cm³/mol. The van der Waals surface area contributed by atoms with E-state index in [1.165, 1.54) is 29.7 Å². The van der Waals surface area contributed by atoms with E-state index in [1.54, 1.807) is 24.3 Å². The molecule has 3 aromatic rings. The first-order valence-electron chi connectivity index (χ1n) is 12.4. The number of aliphatic hydroxyl groups excluding tert-OH is 1. The van der Waals surface area contributed by atoms with E-state index in [4.69, 9.17) is 5.53 Å². The number of carbonyl (C=O) groups is 2. The molecule has 15 heteroatoms. The molecule has 41 heavy (non-hydrogen) atoms. The van der Waals surface area contributed by atoms with Crippen LogP contribution >= 0.6 is 11.3 Å². The summed E-state index contributed by atoms with van der Waals surface area (Å²) in [5.41, 5.74) is 8.22. The van der Waals surface area contributed by atoms with Gasteiger partial charge in [-0.2, -0.15) is 5.11 Å². The minimum absolute atomic E-state index is 0.136. The molecule has 0 saturated carbocycles. The fraction of sp³-hybridized carbons (Fsp3) is 0.308. The van der Waals surface area contributed by atoms with E-state index in [0.29, 0.717) is 30.0 Å². The number of halogens is 3. The molecular formula is C26H28F3N7O4S. The molecule has 3 rings (SSSR count). The van der Waals surface area contributed by atoms with Crippen molar-refractivity contribution in [3.8, 4) is 5.75 Å². The van der Waals surface area contributed by atoms with Crippen molar-refractivity contribution in [2.24, 2.45) is 5.11 Å². The lowest BCUT2D eigenvalue weighted by molar-refractivity contribution is -0.274. The second-order valence-corrected chi connectivity index (χ2v) is 9.66. The van der Waals surface area contributed by atoms with Crippen LogP contribution in [0.15, 0.2) is 71.6 Å². The zero-order valence-electron chi connectivity index (χ0n) is 21.6. The number of aromatic nitrogens is 2. The first-order chi connectivity index (χ1) is 19.7. The Bertz CT molecular complexity index is 1340. The Morgan fingerprint density at radius 3 is 2.61 bits per heavy atom. The fourth-order valence-electron chi connectivity index (χ4n) is 3.58. The highest BCUT2D eigenvalue weighted by molar-refractivity contribution is 7.15. The maximum Gasteiger partial charge on any atom is 0.573 e. The van der Waals surface area contributed by atoms with Gasteiger partial charge in [0, 0.05) is 19.2 Å². The average Bonchev–Trinajstić information content (AvgIpc) is 3.37. The van der Waals surface area contributed by atoms with Crippen LogP contribution < -0.4 is 20.7 Å². The van der Waals surface area contributed by atoms with Crippen molar-refractivity contribution in [1.82, 2.24) is 20.8 Å². The van der Waals surface area contributed by atoms with Crippen LogP contribution in [0.4, 0.5) is 18.3 Å². The van der Waals surface area contributed by atoms with Crippen molar-refractivity contribution in [3.63, 3.8) is 0 Å². The highest BCUT2D eigenvalue weighted by Crippen LogP contribution is 2.24. The van der Waals surface area contributed by atoms with Crippen LogP contribution in [0.1, 0.15) is 35.0 Å². The molecule has 5 N–H and O–H groups in total. The van der Waals surface area contributed by atoms with Crippen LogP contribution in [-0.2, 0) is 22.4 Å². The van der Waals surface area contributed by atoms with Crippen LogP contribution in [0.3, 0.4) is 0 Å². The summed E-state index contributed by atoms with van der Waals surface area (Å²) in [4.78, 5) is 24.7. The Kier molecular flexibility index (Phi) is 11.7. The van der Waals surface area contributed by atoms with Crippen LogP contribution in [0.25, 0.3) is 0 Å². The molecule has 2 amide bonds. The number of rotatable bonds is 15. The van der Waals surface area contributed by atoms with Gasteiger partial charge in [0.1, 0.15) is 10.8 Å². The number of nitrogens with one attached hydrogen (secondary N) is 4. The summed E-state index contributed by atoms with van der Waals surface area (Å²) in [6, 6.07) is 13.5. The van der Waals surface area contributed by atoms with Crippen molar-refractivity contribution in [1.29, 1.82) is 5.53 Å². The molecule has 0 saturated heterocycles. The maximum absolute atomic E-state index is 12.4. The number of alkyl halides is 3. The zero-order valence-corrected chi connectivity index (χ0v) is 22.5. The number of amides is 2. The summed E-state index contributed by atoms with van der Waals surface area (Å²) in [5, 5.41) is 30.0. The molecule has 0 bridgehead atoms. The number of carbonyl (C=O) groups excluding carboxylic acids is 2. The van der Waals surface area contributed by atoms with E-state index in [-0.39, 0.29) is 23.9 Å². The number of aliphatic hydroxyl groups is 1. The third-order valence-corrected chi connectivity index (χ3v) is 6.35. The molecule has 0 radical (unpaired) electrons. The van der Waals surface area contributed by atoms with Gasteiger partial charge in [0.25, 0.3) is 5.91 Å². The van der Waals surface area contributed by atoms with Crippen LogP contribution in [0.5, 0.6) is 5.75 Å². The van der Waals surface area contributed by atoms with Gasteiger partial charge in [-0.05, 0) is 36.1 Å². The van der Waals surface area contributed by atoms with Gasteiger partial charge in [0.05, 0.1) is 19.1 Å². The van der Waals surface area contributed by atoms with Crippen LogP contribution in [0, 0.1) is 5.53 Å². The van der Waals surface area contributed by atoms with Crippen molar-refractivity contribution in [3.05, 3.63) is 82.6 Å². The quantitative estimate of drug-likeness (QED) is 0.100. The van der Waals surface area contributed by atoms with E-state index in [9.17, 15) is 27.9 Å². The summed E-state index contributed by atoms with van der Waals surface area (Å²) in [6.07, 6.45) is -1.64. The summed E-state index contributed by atoms with van der Waals surface area (Å²) in [6.45, 7) is 0.189. The number of unbranched alkanes of at least 4 members (excludes halogenated alkanes) is 1. The molecule has 0 spiro atoms. The first-order valence-corrected chi connectivity index (χ1v) is 13.2. The van der Waals surface area contributed by atoms with Gasteiger partial charge in [-0.25, -0.2) is 5.53 Å². The van der Waals surface area contributed by atoms with Crippen molar-refractivity contribution in [2.75, 3.05) is 18.5 Å². The smallest absolute Gasteiger partial charge is 0.406 e. The molecule has 1 heterocycles. The Morgan fingerprint density at radius 2 is 1.90 bits per heavy atom. The minimum atomic E-state index is -4.82. The predicted octanol–water partition coefficient (Wildman–Crippen LogP) is 4.25. The number of nitrogens with zero attached hydrogens (tertiary/aromatic N) is 3. The van der Waals surface area contributed by atoms with E-state index >= 15 is 0 Å². The SMILES string of the molecule is N=N/C(=C\NCCCCc1nnc(NC(=O)Cc2cccc(OC(F)(F)F)c2)s1)C(=O)NC(CO)c1ccccc1. The maximum atomic E-state index is 12.4. The second-order valence-electron chi connectivity index (χ2n) is 8.59. The lowest BCUT2D eigenvalue weighted by Gasteiger charge is -2.16. The standard InChI is InChI=1S/C26H28F3N7O4S/c27-26(28,29)40-19-10-6-7-17(13-19)14-22(38)33-25-36-35-23(41-25)11-4-5-12-31-15-20(34-30)24(39)32-21(16-37)18-8-2-1-3-9-18/h1-3,6-10,13,15,21,30-31,37H,4-5,11-12,14,16H2,(H,32,39)(H,33,36,38)/b20-15-,34-30?. The number of aryl methyl sites for hydroxylation is 1. The monoisotopic (exact) mass is 591 g/mol. The van der Waals surface area contributed by atoms with Gasteiger partial charge in [-0.1, -0.05) is 53.8 Å². The summed E-state index contributed by atoms with van der Waals surface area (Å²) in [5.74, 6) is -1.46. The normalized spacial score (nSPS) is 12.3. The van der Waals surface area contributed by atoms with E-state index in [1.807, 2.05) is 6.07 Å². The molecule has 0 fully saturated rings. The Labute approximate surface area is 237 Å². The molecule has 11 nitrogen and oxygen atoms in total. The van der Waals surface area contributed by atoms with Gasteiger partial charge >= 0.3 is 6.36 Å². The van der Waals surface area contributed by atoms with Gasteiger partial charge in [-0.15, -0.1) is 23.4 Å². The summed E-state index contributed by atoms with van der Waals surface area (Å²) < 4.78 is 41.1. The third-order valence-electron chi connectivity index (χ3n) is 5.45. The van der Waals surface area contributed by atoms with E-state index in [0.717, 1.165) is 24.1 Å². The molecule has 1 atom stereocenters. The van der Waals surface area contributed by atoms with Gasteiger partial charge in [0.15, 0.2) is 5.70 Å². The average molecular weight is 592 g/mol. The van der Waals surface area contributed by atoms with E-state index in [2.05, 4.69) is 36.0 Å². The minimum Gasteiger partial charge on any atom is -0.406 e. The Balaban J connectivity index is 1.38. The molecule has 0 aliphatic rings. The largest absolute Gasteiger partial charge is 0.573 e. The zero-order chi connectivity index (χ0) is 29.7. The number of anilines is 1.